The van der Waals surface area contributed by atoms with E-state index in [0.29, 0.717) is 36.7 Å². The second-order valence-corrected chi connectivity index (χ2v) is 14.6. The molecule has 1 atom stereocenters. The van der Waals surface area contributed by atoms with Gasteiger partial charge in [0.2, 0.25) is 5.91 Å². The van der Waals surface area contributed by atoms with Crippen LogP contribution in [0.2, 0.25) is 0 Å². The average molecular weight is 648 g/mol. The molecule has 3 aromatic rings. The summed E-state index contributed by atoms with van der Waals surface area (Å²) in [5.41, 5.74) is 8.75. The summed E-state index contributed by atoms with van der Waals surface area (Å²) < 4.78 is 2.57. The van der Waals surface area contributed by atoms with Gasteiger partial charge in [-0.3, -0.25) is 19.6 Å². The van der Waals surface area contributed by atoms with Crippen molar-refractivity contribution in [2.75, 3.05) is 11.1 Å². The Hall–Kier alpha value is -3.44. The van der Waals surface area contributed by atoms with Gasteiger partial charge in [0.25, 0.3) is 5.56 Å². The van der Waals surface area contributed by atoms with E-state index in [-0.39, 0.29) is 11.5 Å². The fourth-order valence-electron chi connectivity index (χ4n) is 6.06. The molecule has 9 nitrogen and oxygen atoms in total. The average Bonchev–Trinajstić information content (AvgIpc) is 3.63. The molecule has 0 bridgehead atoms. The van der Waals surface area contributed by atoms with Crippen molar-refractivity contribution in [1.29, 1.82) is 5.41 Å². The van der Waals surface area contributed by atoms with Crippen molar-refractivity contribution >= 4 is 55.6 Å². The van der Waals surface area contributed by atoms with Gasteiger partial charge in [0, 0.05) is 33.8 Å². The number of hydrogen-bond acceptors (Lipinski definition) is 9. The Morgan fingerprint density at radius 3 is 2.58 bits per heavy atom. The van der Waals surface area contributed by atoms with E-state index in [1.165, 1.54) is 59.1 Å². The third kappa shape index (κ3) is 8.24. The summed E-state index contributed by atoms with van der Waals surface area (Å²) in [6, 6.07) is 3.29. The standard InChI is InChI=1S/C21H22N6O2S.C13H23NS/c22-18-7-17-13(9-24-18)6-14(30-17)10-26-20(28)16-4-5-19-25-11-15(21(29)27(16)19)23-8-12-2-1-3-12;1-4-10(2)13(15-11(3)14)12-8-6-5-7-9-12/h6-9,11,16,23H,1-5,10H2,(H2,22,24)(H,26,28);12,14H,4-9H2,1-3H3. The molecule has 0 radical (unpaired) electrons. The first-order valence-electron chi connectivity index (χ1n) is 16.1. The van der Waals surface area contributed by atoms with Crippen LogP contribution in [-0.4, -0.2) is 25.5 Å². The Morgan fingerprint density at radius 2 is 1.89 bits per heavy atom. The minimum Gasteiger partial charge on any atom is -0.384 e. The number of carbonyl (C=O) groups is 1. The van der Waals surface area contributed by atoms with Gasteiger partial charge in [-0.15, -0.1) is 11.3 Å². The Kier molecular flexibility index (Phi) is 11.1. The van der Waals surface area contributed by atoms with Gasteiger partial charge in [-0.2, -0.15) is 0 Å². The predicted octanol–water partition coefficient (Wildman–Crippen LogP) is 7.70. The molecule has 6 rings (SSSR count). The highest BCUT2D eigenvalue weighted by atomic mass is 32.2. The summed E-state index contributed by atoms with van der Waals surface area (Å²) in [4.78, 5) is 36.8. The molecule has 45 heavy (non-hydrogen) atoms. The van der Waals surface area contributed by atoms with Crippen molar-refractivity contribution in [3.05, 3.63) is 67.8 Å². The normalized spacial score (nSPS) is 18.3. The number of anilines is 2. The van der Waals surface area contributed by atoms with Crippen molar-refractivity contribution in [2.45, 2.75) is 104 Å². The molecule has 2 saturated carbocycles. The molecule has 0 aromatic carbocycles. The Morgan fingerprint density at radius 1 is 1.11 bits per heavy atom. The highest BCUT2D eigenvalue weighted by Crippen LogP contribution is 2.38. The number of allylic oxidation sites excluding steroid dienone is 3. The molecule has 1 aliphatic heterocycles. The first-order valence-corrected chi connectivity index (χ1v) is 17.8. The number of hydrogen-bond donors (Lipinski definition) is 4. The molecular weight excluding hydrogens is 603 g/mol. The molecule has 2 fully saturated rings. The molecular formula is C34H45N7O2S2. The molecule has 11 heteroatoms. The molecule has 0 saturated heterocycles. The van der Waals surface area contributed by atoms with Crippen LogP contribution in [-0.2, 0) is 17.8 Å². The van der Waals surface area contributed by atoms with Gasteiger partial charge < -0.3 is 16.4 Å². The number of fused-ring (bicyclic) bond motifs is 2. The van der Waals surface area contributed by atoms with Gasteiger partial charge in [-0.1, -0.05) is 49.1 Å². The number of aryl methyl sites for hydroxylation is 1. The lowest BCUT2D eigenvalue weighted by Crippen LogP contribution is -2.36. The van der Waals surface area contributed by atoms with Crippen molar-refractivity contribution in [2.24, 2.45) is 5.92 Å². The lowest BCUT2D eigenvalue weighted by Gasteiger charge is -2.25. The van der Waals surface area contributed by atoms with Crippen LogP contribution in [0.1, 0.15) is 102 Å². The van der Waals surface area contributed by atoms with E-state index in [4.69, 9.17) is 11.1 Å². The van der Waals surface area contributed by atoms with Crippen LogP contribution in [0.25, 0.3) is 10.1 Å². The van der Waals surface area contributed by atoms with Crippen LogP contribution in [0, 0.1) is 11.3 Å². The van der Waals surface area contributed by atoms with Crippen LogP contribution in [0.3, 0.4) is 0 Å². The number of nitrogens with two attached hydrogens (primary N) is 1. The van der Waals surface area contributed by atoms with Gasteiger partial charge in [0.1, 0.15) is 23.4 Å². The zero-order chi connectivity index (χ0) is 31.9. The number of carbonyl (C=O) groups excluding carboxylic acids is 1. The predicted molar refractivity (Wildman–Crippen MR) is 188 cm³/mol. The summed E-state index contributed by atoms with van der Waals surface area (Å²) in [5.74, 6) is 1.73. The van der Waals surface area contributed by atoms with Crippen LogP contribution < -0.4 is 21.9 Å². The number of nitrogens with zero attached hydrogens (tertiary/aromatic N) is 3. The van der Waals surface area contributed by atoms with Crippen LogP contribution in [0.4, 0.5) is 11.5 Å². The van der Waals surface area contributed by atoms with Gasteiger partial charge >= 0.3 is 0 Å². The van der Waals surface area contributed by atoms with E-state index in [9.17, 15) is 9.59 Å². The van der Waals surface area contributed by atoms with Crippen molar-refractivity contribution < 1.29 is 4.79 Å². The van der Waals surface area contributed by atoms with Crippen LogP contribution >= 0.6 is 23.1 Å². The number of amides is 1. The fraction of sp³-hybridized carbons (Fsp3) is 0.500. The number of thiophene rings is 1. The highest BCUT2D eigenvalue weighted by Gasteiger charge is 2.31. The van der Waals surface area contributed by atoms with E-state index in [2.05, 4.69) is 34.4 Å². The molecule has 1 amide bonds. The molecule has 2 aliphatic carbocycles. The van der Waals surface area contributed by atoms with Crippen LogP contribution in [0.5, 0.6) is 0 Å². The van der Waals surface area contributed by atoms with Gasteiger partial charge in [0.05, 0.1) is 17.8 Å². The summed E-state index contributed by atoms with van der Waals surface area (Å²) in [5, 5.41) is 15.4. The maximum Gasteiger partial charge on any atom is 0.277 e. The molecule has 1 unspecified atom stereocenters. The first-order chi connectivity index (χ1) is 21.7. The van der Waals surface area contributed by atoms with E-state index in [1.54, 1.807) is 35.5 Å². The van der Waals surface area contributed by atoms with E-state index in [1.807, 2.05) is 25.3 Å². The molecule has 240 valence electrons. The Bertz CT molecular complexity index is 1660. The van der Waals surface area contributed by atoms with Crippen molar-refractivity contribution in [3.8, 4) is 0 Å². The summed E-state index contributed by atoms with van der Waals surface area (Å²) >= 11 is 3.27. The number of rotatable bonds is 8. The first kappa shape index (κ1) is 32.9. The zero-order valence-corrected chi connectivity index (χ0v) is 28.2. The minimum atomic E-state index is -0.537. The minimum absolute atomic E-state index is 0.165. The molecule has 4 heterocycles. The van der Waals surface area contributed by atoms with Crippen LogP contribution in [0.15, 0.2) is 51.6 Å². The van der Waals surface area contributed by atoms with Gasteiger partial charge in [-0.25, -0.2) is 9.97 Å². The Labute approximate surface area is 273 Å². The molecule has 3 aromatic heterocycles. The molecule has 0 spiro atoms. The van der Waals surface area contributed by atoms with Gasteiger partial charge in [0.15, 0.2) is 0 Å². The lowest BCUT2D eigenvalue weighted by molar-refractivity contribution is -0.124. The van der Waals surface area contributed by atoms with E-state index < -0.39 is 6.04 Å². The van der Waals surface area contributed by atoms with Crippen molar-refractivity contribution in [3.63, 3.8) is 0 Å². The number of thioether (sulfide) groups is 1. The maximum atomic E-state index is 13.0. The second kappa shape index (κ2) is 15.2. The number of aromatic nitrogens is 3. The van der Waals surface area contributed by atoms with E-state index >= 15 is 0 Å². The number of pyridine rings is 1. The van der Waals surface area contributed by atoms with E-state index in [0.717, 1.165) is 45.2 Å². The smallest absolute Gasteiger partial charge is 0.277 e. The third-order valence-electron chi connectivity index (χ3n) is 8.85. The fourth-order valence-corrected chi connectivity index (χ4v) is 8.14. The topological polar surface area (TPSA) is 139 Å². The molecule has 3 aliphatic rings. The second-order valence-electron chi connectivity index (χ2n) is 12.2. The lowest BCUT2D eigenvalue weighted by atomic mass is 9.87. The SMILES string of the molecule is CCC(C)=C(SC(C)=N)C1CCCCC1.Nc1cc2sc(CNC(=O)C3CCc4ncc(NC=C5CCC5)c(=O)n43)cc2cn1. The summed E-state index contributed by atoms with van der Waals surface area (Å²) in [6.07, 6.45) is 17.7. The largest absolute Gasteiger partial charge is 0.384 e. The molecule has 5 N–H and O–H groups in total. The van der Waals surface area contributed by atoms with Gasteiger partial charge in [-0.05, 0) is 81.7 Å². The quantitative estimate of drug-likeness (QED) is 0.145. The Balaban J connectivity index is 0.000000226. The maximum absolute atomic E-state index is 13.0. The highest BCUT2D eigenvalue weighted by molar-refractivity contribution is 8.17. The number of nitrogen functional groups attached to an aromatic ring is 1. The summed E-state index contributed by atoms with van der Waals surface area (Å²) in [6.45, 7) is 6.75. The van der Waals surface area contributed by atoms with Crippen molar-refractivity contribution in [1.82, 2.24) is 19.9 Å². The summed E-state index contributed by atoms with van der Waals surface area (Å²) in [7, 11) is 0. The third-order valence-corrected chi connectivity index (χ3v) is 11.2. The monoisotopic (exact) mass is 647 g/mol. The zero-order valence-electron chi connectivity index (χ0n) is 26.6. The number of nitrogens with one attached hydrogen (secondary N) is 3.